The number of carbonyl (C=O) groups is 2. The number of benzene rings is 2. The van der Waals surface area contributed by atoms with Crippen LogP contribution in [0.15, 0.2) is 60.0 Å². The van der Waals surface area contributed by atoms with Gasteiger partial charge in [0.2, 0.25) is 0 Å². The fraction of sp³-hybridized carbons (Fsp3) is 0.304. The molecule has 172 valence electrons. The van der Waals surface area contributed by atoms with Crippen LogP contribution in [0.3, 0.4) is 0 Å². The van der Waals surface area contributed by atoms with Crippen LogP contribution >= 0.6 is 11.3 Å². The molecule has 3 atom stereocenters. The third-order valence-corrected chi connectivity index (χ3v) is 5.46. The van der Waals surface area contributed by atoms with Crippen LogP contribution in [0.5, 0.6) is 5.75 Å². The highest BCUT2D eigenvalue weighted by Gasteiger charge is 2.18. The molecule has 0 saturated heterocycles. The molecule has 0 aliphatic heterocycles. The molecule has 8 nitrogen and oxygen atoms in total. The summed E-state index contributed by atoms with van der Waals surface area (Å²) in [6.07, 6.45) is -3.79. The second kappa shape index (κ2) is 12.2. The highest BCUT2D eigenvalue weighted by Crippen LogP contribution is 2.32. The van der Waals surface area contributed by atoms with Gasteiger partial charge in [0.15, 0.2) is 0 Å². The molecule has 1 heterocycles. The van der Waals surface area contributed by atoms with Gasteiger partial charge in [0.25, 0.3) is 0 Å². The molecular formula is C23H25NO7S-2. The Kier molecular flexibility index (Phi) is 9.61. The Hall–Kier alpha value is -2.98. The van der Waals surface area contributed by atoms with Gasteiger partial charge in [0, 0.05) is 23.2 Å². The Morgan fingerprint density at radius 1 is 0.969 bits per heavy atom. The maximum atomic E-state index is 9.63. The summed E-state index contributed by atoms with van der Waals surface area (Å²) in [6, 6.07) is 18.9. The summed E-state index contributed by atoms with van der Waals surface area (Å²) in [4.78, 5) is 22.8. The molecule has 0 unspecified atom stereocenters. The molecule has 0 aliphatic rings. The number of rotatable bonds is 9. The number of carboxylic acid groups (broad SMARTS) is 2. The Morgan fingerprint density at radius 3 is 2.16 bits per heavy atom. The Morgan fingerprint density at radius 2 is 1.59 bits per heavy atom. The predicted molar refractivity (Wildman–Crippen MR) is 117 cm³/mol. The van der Waals surface area contributed by atoms with Crippen molar-refractivity contribution in [1.29, 1.82) is 0 Å². The molecule has 9 heteroatoms. The molecular weight excluding hydrogens is 434 g/mol. The van der Waals surface area contributed by atoms with E-state index in [1.54, 1.807) is 11.3 Å². The highest BCUT2D eigenvalue weighted by molar-refractivity contribution is 7.10. The van der Waals surface area contributed by atoms with Crippen molar-refractivity contribution in [2.24, 2.45) is 0 Å². The van der Waals surface area contributed by atoms with Crippen LogP contribution in [0.2, 0.25) is 0 Å². The maximum Gasteiger partial charge on any atom is 0.134 e. The number of aliphatic carboxylic acids is 2. The molecule has 0 fully saturated rings. The topological polar surface area (TPSA) is 133 Å². The first-order valence-electron chi connectivity index (χ1n) is 9.81. The number of hydrogen-bond acceptors (Lipinski definition) is 9. The van der Waals surface area contributed by atoms with E-state index in [1.807, 2.05) is 0 Å². The summed E-state index contributed by atoms with van der Waals surface area (Å²) in [5, 5.41) is 40.2. The summed E-state index contributed by atoms with van der Waals surface area (Å²) in [5.41, 5.74) is 0. The minimum Gasteiger partial charge on any atom is -0.547 e. The molecule has 0 saturated carbocycles. The first-order chi connectivity index (χ1) is 15.2. The van der Waals surface area contributed by atoms with Gasteiger partial charge in [-0.1, -0.05) is 42.5 Å². The lowest BCUT2D eigenvalue weighted by Gasteiger charge is -2.21. The monoisotopic (exact) mass is 459 g/mol. The Bertz CT molecular complexity index is 983. The number of carboxylic acids is 2. The van der Waals surface area contributed by atoms with Crippen LogP contribution in [0.1, 0.15) is 17.4 Å². The van der Waals surface area contributed by atoms with Gasteiger partial charge in [-0.25, -0.2) is 0 Å². The van der Waals surface area contributed by atoms with E-state index >= 15 is 0 Å². The van der Waals surface area contributed by atoms with Crippen molar-refractivity contribution >= 4 is 34.0 Å². The summed E-state index contributed by atoms with van der Waals surface area (Å²) in [7, 11) is 4.20. The standard InChI is InChI=1S/C19H21NOS.C4H6O6/c1-20(2)13-12-18(19-11-6-14-22-19)21-17-10-5-8-15-7-3-4-9-16(15)17;5-1(3(7)8)2(6)4(9)10/h3-11,14,18H,12-13H2,1-2H3;1-2,5-6H,(H,7,8)(H,9,10)/p-2/t18-;1-,2-/m00/s1. The van der Waals surface area contributed by atoms with Crippen molar-refractivity contribution in [1.82, 2.24) is 4.90 Å². The number of ether oxygens (including phenoxy) is 1. The molecule has 0 radical (unpaired) electrons. The lowest BCUT2D eigenvalue weighted by Crippen LogP contribution is -2.51. The van der Waals surface area contributed by atoms with E-state index in [-0.39, 0.29) is 6.10 Å². The Balaban J connectivity index is 0.000000309. The smallest absolute Gasteiger partial charge is 0.134 e. The van der Waals surface area contributed by atoms with E-state index in [0.29, 0.717) is 0 Å². The number of hydrogen-bond donors (Lipinski definition) is 2. The van der Waals surface area contributed by atoms with Crippen molar-refractivity contribution in [3.8, 4) is 5.75 Å². The summed E-state index contributed by atoms with van der Waals surface area (Å²) >= 11 is 1.76. The van der Waals surface area contributed by atoms with Crippen LogP contribution in [0, 0.1) is 0 Å². The number of fused-ring (bicyclic) bond motifs is 1. The largest absolute Gasteiger partial charge is 0.547 e. The third-order valence-electron chi connectivity index (χ3n) is 4.50. The SMILES string of the molecule is CN(C)CC[C@H](Oc1cccc2ccccc12)c1cccs1.O=C([O-])[C@@H](O)[C@H](O)C(=O)[O-]. The van der Waals surface area contributed by atoms with Gasteiger partial charge in [0.05, 0.1) is 11.9 Å². The van der Waals surface area contributed by atoms with Crippen LogP contribution in [-0.4, -0.2) is 59.9 Å². The molecule has 32 heavy (non-hydrogen) atoms. The number of aliphatic hydroxyl groups excluding tert-OH is 2. The fourth-order valence-corrected chi connectivity index (χ4v) is 3.61. The number of aliphatic hydroxyl groups is 2. The zero-order chi connectivity index (χ0) is 23.7. The quantitative estimate of drug-likeness (QED) is 0.463. The fourth-order valence-electron chi connectivity index (χ4n) is 2.82. The number of carbonyl (C=O) groups excluding carboxylic acids is 2. The lowest BCUT2D eigenvalue weighted by molar-refractivity contribution is -0.333. The van der Waals surface area contributed by atoms with Crippen molar-refractivity contribution < 1.29 is 34.8 Å². The number of nitrogens with zero attached hydrogens (tertiary/aromatic N) is 1. The van der Waals surface area contributed by atoms with Crippen molar-refractivity contribution in [3.05, 3.63) is 64.9 Å². The van der Waals surface area contributed by atoms with Crippen molar-refractivity contribution in [2.75, 3.05) is 20.6 Å². The van der Waals surface area contributed by atoms with Crippen LogP contribution in [0.25, 0.3) is 10.8 Å². The van der Waals surface area contributed by atoms with Gasteiger partial charge in [0.1, 0.15) is 24.1 Å². The molecule has 0 amide bonds. The second-order valence-electron chi connectivity index (χ2n) is 7.22. The van der Waals surface area contributed by atoms with Crippen LogP contribution in [0.4, 0.5) is 0 Å². The minimum atomic E-state index is -2.44. The van der Waals surface area contributed by atoms with E-state index in [9.17, 15) is 19.8 Å². The zero-order valence-electron chi connectivity index (χ0n) is 17.7. The molecule has 3 aromatic rings. The zero-order valence-corrected chi connectivity index (χ0v) is 18.5. The van der Waals surface area contributed by atoms with E-state index < -0.39 is 24.1 Å². The van der Waals surface area contributed by atoms with Gasteiger partial charge in [-0.15, -0.1) is 11.3 Å². The van der Waals surface area contributed by atoms with Gasteiger partial charge in [-0.05, 0) is 37.0 Å². The van der Waals surface area contributed by atoms with Crippen molar-refractivity contribution in [2.45, 2.75) is 24.7 Å². The van der Waals surface area contributed by atoms with E-state index in [1.165, 1.54) is 15.6 Å². The third kappa shape index (κ3) is 7.31. The molecule has 0 bridgehead atoms. The van der Waals surface area contributed by atoms with E-state index in [0.717, 1.165) is 18.7 Å². The molecule has 0 aliphatic carbocycles. The molecule has 3 rings (SSSR count). The Labute approximate surface area is 189 Å². The van der Waals surface area contributed by atoms with E-state index in [4.69, 9.17) is 14.9 Å². The number of thiophene rings is 1. The van der Waals surface area contributed by atoms with Gasteiger partial charge < -0.3 is 39.7 Å². The van der Waals surface area contributed by atoms with Crippen LogP contribution in [-0.2, 0) is 9.59 Å². The molecule has 0 spiro atoms. The first kappa shape index (κ1) is 25.3. The minimum absolute atomic E-state index is 0.105. The van der Waals surface area contributed by atoms with Crippen LogP contribution < -0.4 is 14.9 Å². The summed E-state index contributed by atoms with van der Waals surface area (Å²) < 4.78 is 6.41. The maximum absolute atomic E-state index is 9.63. The predicted octanol–water partition coefficient (Wildman–Crippen LogP) is 0.181. The van der Waals surface area contributed by atoms with Gasteiger partial charge in [-0.2, -0.15) is 0 Å². The highest BCUT2D eigenvalue weighted by atomic mass is 32.1. The van der Waals surface area contributed by atoms with Gasteiger partial charge >= 0.3 is 0 Å². The average molecular weight is 460 g/mol. The molecule has 2 aromatic carbocycles. The van der Waals surface area contributed by atoms with Crippen molar-refractivity contribution in [3.63, 3.8) is 0 Å². The lowest BCUT2D eigenvalue weighted by atomic mass is 10.1. The van der Waals surface area contributed by atoms with Gasteiger partial charge in [-0.3, -0.25) is 0 Å². The summed E-state index contributed by atoms with van der Waals surface area (Å²) in [5.74, 6) is -3.15. The van der Waals surface area contributed by atoms with E-state index in [2.05, 4.69) is 79.0 Å². The molecule has 1 aromatic heterocycles. The second-order valence-corrected chi connectivity index (χ2v) is 8.20. The molecule has 2 N–H and O–H groups in total. The normalized spacial score (nSPS) is 13.7. The first-order valence-corrected chi connectivity index (χ1v) is 10.7. The average Bonchev–Trinajstić information content (AvgIpc) is 3.30. The summed E-state index contributed by atoms with van der Waals surface area (Å²) in [6.45, 7) is 1.01.